The lowest BCUT2D eigenvalue weighted by Gasteiger charge is -1.99. The minimum Gasteiger partial charge on any atom is -0.329 e. The Morgan fingerprint density at radius 3 is 2.80 bits per heavy atom. The molecule has 5 heteroatoms. The van der Waals surface area contributed by atoms with Crippen molar-refractivity contribution < 1.29 is 0 Å². The fourth-order valence-corrected chi connectivity index (χ4v) is 0.524. The molecule has 0 saturated carbocycles. The molecule has 4 N–H and O–H groups in total. The van der Waals surface area contributed by atoms with Gasteiger partial charge >= 0.3 is 0 Å². The van der Waals surface area contributed by atoms with Crippen LogP contribution < -0.4 is 16.5 Å². The van der Waals surface area contributed by atoms with Crippen molar-refractivity contribution in [2.45, 2.75) is 0 Å². The van der Waals surface area contributed by atoms with Crippen LogP contribution in [0.25, 0.3) is 0 Å². The first-order valence-corrected chi connectivity index (χ1v) is 3.53. The molecule has 0 aromatic heterocycles. The summed E-state index contributed by atoms with van der Waals surface area (Å²) < 4.78 is 0. The van der Waals surface area contributed by atoms with E-state index in [0.717, 1.165) is 19.6 Å². The van der Waals surface area contributed by atoms with Crippen LogP contribution in [0, 0.1) is 0 Å². The molecule has 0 heterocycles. The molecule has 0 aromatic rings. The lowest BCUT2D eigenvalue weighted by molar-refractivity contribution is 0.635. The molecule has 0 atom stereocenters. The topological polar surface area (TPSA) is 62.4 Å². The Balaban J connectivity index is 2.83. The highest BCUT2D eigenvalue weighted by molar-refractivity contribution is 7.78. The van der Waals surface area contributed by atoms with Gasteiger partial charge in [-0.2, -0.15) is 0 Å². The quantitative estimate of drug-likeness (QED) is 0.205. The van der Waals surface area contributed by atoms with E-state index >= 15 is 0 Å². The maximum atomic E-state index is 5.23. The summed E-state index contributed by atoms with van der Waals surface area (Å²) in [7, 11) is 0. The van der Waals surface area contributed by atoms with Crippen molar-refractivity contribution >= 4 is 17.4 Å². The van der Waals surface area contributed by atoms with E-state index in [9.17, 15) is 0 Å². The number of thiocarbonyl (C=S) groups is 1. The average Bonchev–Trinajstić information content (AvgIpc) is 1.97. The van der Waals surface area contributed by atoms with Crippen molar-refractivity contribution in [2.75, 3.05) is 26.2 Å². The van der Waals surface area contributed by atoms with E-state index in [1.54, 1.807) is 0 Å². The predicted octanol–water partition coefficient (Wildman–Crippen LogP) is -0.858. The number of nitrogens with one attached hydrogen (secondary N) is 2. The highest BCUT2D eigenvalue weighted by Crippen LogP contribution is 1.57. The molecule has 0 aliphatic carbocycles. The Morgan fingerprint density at radius 2 is 2.20 bits per heavy atom. The zero-order valence-corrected chi connectivity index (χ0v) is 6.58. The Kier molecular flexibility index (Phi) is 8.11. The van der Waals surface area contributed by atoms with Gasteiger partial charge in [0, 0.05) is 26.2 Å². The number of hydrazone groups is 1. The van der Waals surface area contributed by atoms with Crippen LogP contribution in [0.2, 0.25) is 0 Å². The van der Waals surface area contributed by atoms with Crippen LogP contribution in [0.3, 0.4) is 0 Å². The van der Waals surface area contributed by atoms with Crippen LogP contribution in [0.5, 0.6) is 0 Å². The van der Waals surface area contributed by atoms with Gasteiger partial charge in [0.1, 0.15) is 0 Å². The van der Waals surface area contributed by atoms with E-state index < -0.39 is 0 Å². The molecule has 0 aliphatic heterocycles. The minimum atomic E-state index is 0.663. The van der Waals surface area contributed by atoms with E-state index in [4.69, 9.17) is 5.73 Å². The van der Waals surface area contributed by atoms with Gasteiger partial charge in [0.15, 0.2) is 0 Å². The number of rotatable bonds is 6. The Hall–Kier alpha value is -0.480. The van der Waals surface area contributed by atoms with Gasteiger partial charge in [-0.1, -0.05) is 0 Å². The SMILES string of the molecule is NCCNCCNN=C=S. The molecule has 58 valence electrons. The molecule has 0 rings (SSSR count). The van der Waals surface area contributed by atoms with Gasteiger partial charge < -0.3 is 11.1 Å². The van der Waals surface area contributed by atoms with Crippen molar-refractivity contribution in [1.29, 1.82) is 0 Å². The number of hydrogen-bond donors (Lipinski definition) is 3. The predicted molar refractivity (Wildman–Crippen MR) is 45.0 cm³/mol. The summed E-state index contributed by atoms with van der Waals surface area (Å²) in [5.41, 5.74) is 7.93. The molecule has 0 radical (unpaired) electrons. The molecule has 0 fully saturated rings. The number of isothiocyanates is 1. The summed E-state index contributed by atoms with van der Waals surface area (Å²) in [4.78, 5) is 0. The zero-order chi connectivity index (χ0) is 7.66. The maximum absolute atomic E-state index is 5.23. The monoisotopic (exact) mass is 160 g/mol. The summed E-state index contributed by atoms with van der Waals surface area (Å²) >= 11 is 4.33. The molecule has 0 bridgehead atoms. The molecular weight excluding hydrogens is 148 g/mol. The molecule has 0 aromatic carbocycles. The van der Waals surface area contributed by atoms with E-state index in [1.165, 1.54) is 0 Å². The normalized spacial score (nSPS) is 8.50. The third-order valence-electron chi connectivity index (χ3n) is 0.859. The van der Waals surface area contributed by atoms with Gasteiger partial charge in [0.2, 0.25) is 0 Å². The first-order valence-electron chi connectivity index (χ1n) is 3.12. The van der Waals surface area contributed by atoms with Gasteiger partial charge in [-0.05, 0) is 12.2 Å². The molecule has 10 heavy (non-hydrogen) atoms. The van der Waals surface area contributed by atoms with Crippen molar-refractivity contribution in [3.63, 3.8) is 0 Å². The standard InChI is InChI=1S/C5H12N4S/c6-1-2-7-3-4-8-9-5-10/h7-8H,1-4,6H2. The molecule has 0 amide bonds. The van der Waals surface area contributed by atoms with Crippen molar-refractivity contribution in [2.24, 2.45) is 10.8 Å². The van der Waals surface area contributed by atoms with Gasteiger partial charge in [0.25, 0.3) is 0 Å². The molecule has 0 unspecified atom stereocenters. The van der Waals surface area contributed by atoms with Crippen LogP contribution in [0.15, 0.2) is 5.10 Å². The molecule has 4 nitrogen and oxygen atoms in total. The van der Waals surface area contributed by atoms with Gasteiger partial charge in [-0.25, -0.2) is 0 Å². The number of nitrogens with zero attached hydrogens (tertiary/aromatic N) is 1. The van der Waals surface area contributed by atoms with E-state index in [0.29, 0.717) is 6.54 Å². The van der Waals surface area contributed by atoms with Crippen LogP contribution in [-0.4, -0.2) is 31.3 Å². The van der Waals surface area contributed by atoms with Gasteiger partial charge in [-0.15, -0.1) is 5.10 Å². The summed E-state index contributed by atoms with van der Waals surface area (Å²) in [5.74, 6) is 0. The Bertz CT molecular complexity index is 110. The van der Waals surface area contributed by atoms with Crippen LogP contribution in [0.1, 0.15) is 0 Å². The van der Waals surface area contributed by atoms with Crippen molar-refractivity contribution in [1.82, 2.24) is 10.7 Å². The average molecular weight is 160 g/mol. The second kappa shape index (κ2) is 8.52. The largest absolute Gasteiger partial charge is 0.329 e. The zero-order valence-electron chi connectivity index (χ0n) is 5.76. The van der Waals surface area contributed by atoms with Crippen molar-refractivity contribution in [3.05, 3.63) is 0 Å². The van der Waals surface area contributed by atoms with Gasteiger partial charge in [0.05, 0.1) is 5.16 Å². The fourth-order valence-electron chi connectivity index (χ4n) is 0.460. The Morgan fingerprint density at radius 1 is 1.40 bits per heavy atom. The lowest BCUT2D eigenvalue weighted by Crippen LogP contribution is -2.28. The first kappa shape index (κ1) is 9.52. The minimum absolute atomic E-state index is 0.663. The second-order valence-electron chi connectivity index (χ2n) is 1.65. The summed E-state index contributed by atoms with van der Waals surface area (Å²) in [5, 5.41) is 8.80. The van der Waals surface area contributed by atoms with Crippen molar-refractivity contribution in [3.8, 4) is 0 Å². The van der Waals surface area contributed by atoms with E-state index in [2.05, 4.69) is 33.2 Å². The number of nitrogens with two attached hydrogens (primary N) is 1. The molecule has 0 saturated heterocycles. The van der Waals surface area contributed by atoms with E-state index in [1.807, 2.05) is 0 Å². The molecule has 0 aliphatic rings. The molecule has 0 spiro atoms. The van der Waals surface area contributed by atoms with Gasteiger partial charge in [-0.3, -0.25) is 5.43 Å². The smallest absolute Gasteiger partial charge is 0.0843 e. The summed E-state index contributed by atoms with van der Waals surface area (Å²) in [6, 6.07) is 0. The third-order valence-corrected chi connectivity index (χ3v) is 0.951. The first-order chi connectivity index (χ1) is 4.91. The van der Waals surface area contributed by atoms with Crippen LogP contribution >= 0.6 is 12.2 Å². The number of hydrogen-bond acceptors (Lipinski definition) is 5. The third kappa shape index (κ3) is 7.52. The highest BCUT2D eigenvalue weighted by atomic mass is 32.1. The van der Waals surface area contributed by atoms with Crippen LogP contribution in [0.4, 0.5) is 0 Å². The Labute approximate surface area is 65.9 Å². The molecular formula is C5H12N4S. The maximum Gasteiger partial charge on any atom is 0.0843 e. The lowest BCUT2D eigenvalue weighted by atomic mass is 10.6. The fraction of sp³-hybridized carbons (Fsp3) is 0.800. The van der Waals surface area contributed by atoms with Crippen LogP contribution in [-0.2, 0) is 0 Å². The summed E-state index contributed by atoms with van der Waals surface area (Å²) in [6.07, 6.45) is 0. The van der Waals surface area contributed by atoms with E-state index in [-0.39, 0.29) is 0 Å². The highest BCUT2D eigenvalue weighted by Gasteiger charge is 1.81. The second-order valence-corrected chi connectivity index (χ2v) is 1.83. The summed E-state index contributed by atoms with van der Waals surface area (Å²) in [6.45, 7) is 3.10.